The third-order valence-corrected chi connectivity index (χ3v) is 3.92. The number of rotatable bonds is 9. The van der Waals surface area contributed by atoms with Crippen LogP contribution in [-0.2, 0) is 14.3 Å². The Morgan fingerprint density at radius 1 is 1.20 bits per heavy atom. The van der Waals surface area contributed by atoms with Gasteiger partial charge in [-0.3, -0.25) is 14.9 Å². The second kappa shape index (κ2) is 10.6. The molecule has 0 aliphatic rings. The molecule has 0 saturated carbocycles. The minimum absolute atomic E-state index is 0.0208. The predicted octanol–water partition coefficient (Wildman–Crippen LogP) is 3.59. The van der Waals surface area contributed by atoms with Gasteiger partial charge in [0.15, 0.2) is 17.6 Å². The largest absolute Gasteiger partial charge is 0.493 e. The summed E-state index contributed by atoms with van der Waals surface area (Å²) in [4.78, 5) is 34.6. The molecular formula is C21H22N2O7. The Kier molecular flexibility index (Phi) is 7.92. The Morgan fingerprint density at radius 2 is 1.93 bits per heavy atom. The standard InChI is InChI=1S/C21H22N2O7/c1-4-29-18-11-9-15(13-19(18)28-3)10-12-20(24)30-14(2)21(25)22-16-7-5-6-8-17(16)23(26)27/h5-14H,4H2,1-3H3,(H,22,25)/b12-10+/t14-/m1/s1. The minimum atomic E-state index is -1.16. The molecule has 0 aromatic heterocycles. The SMILES string of the molecule is CCOc1ccc(/C=C/C(=O)O[C@H](C)C(=O)Nc2ccccc2[N+](=O)[O-])cc1OC. The number of carbonyl (C=O) groups is 2. The maximum Gasteiger partial charge on any atom is 0.331 e. The monoisotopic (exact) mass is 414 g/mol. The molecule has 0 unspecified atom stereocenters. The Hall–Kier alpha value is -3.88. The molecule has 0 saturated heterocycles. The summed E-state index contributed by atoms with van der Waals surface area (Å²) < 4.78 is 15.7. The second-order valence-corrected chi connectivity index (χ2v) is 6.02. The molecule has 2 aromatic rings. The zero-order valence-electron chi connectivity index (χ0n) is 16.8. The maximum atomic E-state index is 12.2. The van der Waals surface area contributed by atoms with E-state index in [0.29, 0.717) is 23.7 Å². The van der Waals surface area contributed by atoms with Crippen molar-refractivity contribution in [3.05, 3.63) is 64.2 Å². The van der Waals surface area contributed by atoms with E-state index in [1.54, 1.807) is 24.3 Å². The first-order valence-corrected chi connectivity index (χ1v) is 9.09. The first-order valence-electron chi connectivity index (χ1n) is 9.09. The van der Waals surface area contributed by atoms with Gasteiger partial charge in [-0.15, -0.1) is 0 Å². The molecule has 158 valence electrons. The van der Waals surface area contributed by atoms with Crippen LogP contribution in [0.1, 0.15) is 19.4 Å². The molecule has 0 spiro atoms. The van der Waals surface area contributed by atoms with Gasteiger partial charge in [0.25, 0.3) is 11.6 Å². The molecule has 1 N–H and O–H groups in total. The topological polar surface area (TPSA) is 117 Å². The summed E-state index contributed by atoms with van der Waals surface area (Å²) in [6.45, 7) is 3.72. The number of carbonyl (C=O) groups excluding carboxylic acids is 2. The number of methoxy groups -OCH3 is 1. The lowest BCUT2D eigenvalue weighted by atomic mass is 10.2. The van der Waals surface area contributed by atoms with Gasteiger partial charge in [-0.1, -0.05) is 18.2 Å². The van der Waals surface area contributed by atoms with Gasteiger partial charge in [-0.05, 0) is 43.7 Å². The highest BCUT2D eigenvalue weighted by atomic mass is 16.6. The van der Waals surface area contributed by atoms with E-state index >= 15 is 0 Å². The molecule has 0 aliphatic carbocycles. The molecule has 0 heterocycles. The normalized spacial score (nSPS) is 11.6. The summed E-state index contributed by atoms with van der Waals surface area (Å²) in [5.41, 5.74) is 0.436. The number of hydrogen-bond donors (Lipinski definition) is 1. The van der Waals surface area contributed by atoms with Gasteiger partial charge in [0.2, 0.25) is 0 Å². The van der Waals surface area contributed by atoms with Crippen molar-refractivity contribution in [3.8, 4) is 11.5 Å². The number of anilines is 1. The molecule has 1 amide bonds. The number of para-hydroxylation sites is 2. The summed E-state index contributed by atoms with van der Waals surface area (Å²) >= 11 is 0. The number of nitrogens with one attached hydrogen (secondary N) is 1. The van der Waals surface area contributed by atoms with E-state index < -0.39 is 22.9 Å². The predicted molar refractivity (Wildman–Crippen MR) is 110 cm³/mol. The fourth-order valence-electron chi connectivity index (χ4n) is 2.47. The lowest BCUT2D eigenvalue weighted by Crippen LogP contribution is -2.29. The Balaban J connectivity index is 1.99. The highest BCUT2D eigenvalue weighted by Gasteiger charge is 2.20. The van der Waals surface area contributed by atoms with E-state index in [1.165, 1.54) is 44.4 Å². The van der Waals surface area contributed by atoms with Crippen LogP contribution in [0.25, 0.3) is 6.08 Å². The van der Waals surface area contributed by atoms with Crippen molar-refractivity contribution in [3.63, 3.8) is 0 Å². The van der Waals surface area contributed by atoms with E-state index in [-0.39, 0.29) is 11.4 Å². The molecule has 0 aliphatic heterocycles. The zero-order valence-corrected chi connectivity index (χ0v) is 16.8. The third-order valence-electron chi connectivity index (χ3n) is 3.92. The Morgan fingerprint density at radius 3 is 2.60 bits per heavy atom. The smallest absolute Gasteiger partial charge is 0.331 e. The summed E-state index contributed by atoms with van der Waals surface area (Å²) in [5.74, 6) is -0.327. The molecule has 0 fully saturated rings. The van der Waals surface area contributed by atoms with Crippen molar-refractivity contribution in [1.82, 2.24) is 0 Å². The summed E-state index contributed by atoms with van der Waals surface area (Å²) in [6.07, 6.45) is 1.52. The van der Waals surface area contributed by atoms with Crippen LogP contribution in [-0.4, -0.2) is 36.6 Å². The van der Waals surface area contributed by atoms with Crippen molar-refractivity contribution < 1.29 is 28.7 Å². The fourth-order valence-corrected chi connectivity index (χ4v) is 2.47. The Bertz CT molecular complexity index is 956. The van der Waals surface area contributed by atoms with E-state index in [2.05, 4.69) is 5.32 Å². The number of nitro groups is 1. The molecule has 1 atom stereocenters. The second-order valence-electron chi connectivity index (χ2n) is 6.02. The molecule has 2 rings (SSSR count). The number of nitro benzene ring substituents is 1. The van der Waals surface area contributed by atoms with Crippen LogP contribution < -0.4 is 14.8 Å². The lowest BCUT2D eigenvalue weighted by Gasteiger charge is -2.12. The molecular weight excluding hydrogens is 392 g/mol. The van der Waals surface area contributed by atoms with Gasteiger partial charge >= 0.3 is 5.97 Å². The number of hydrogen-bond acceptors (Lipinski definition) is 7. The summed E-state index contributed by atoms with van der Waals surface area (Å²) in [5, 5.41) is 13.4. The highest BCUT2D eigenvalue weighted by molar-refractivity contribution is 5.98. The summed E-state index contributed by atoms with van der Waals surface area (Å²) in [7, 11) is 1.51. The molecule has 30 heavy (non-hydrogen) atoms. The first-order chi connectivity index (χ1) is 14.3. The van der Waals surface area contributed by atoms with Crippen LogP contribution in [0.2, 0.25) is 0 Å². The molecule has 9 nitrogen and oxygen atoms in total. The minimum Gasteiger partial charge on any atom is -0.493 e. The molecule has 0 radical (unpaired) electrons. The summed E-state index contributed by atoms with van der Waals surface area (Å²) in [6, 6.07) is 10.8. The van der Waals surface area contributed by atoms with Gasteiger partial charge in [-0.25, -0.2) is 4.79 Å². The Labute approximate surface area is 173 Å². The van der Waals surface area contributed by atoms with Crippen LogP contribution in [0.4, 0.5) is 11.4 Å². The van der Waals surface area contributed by atoms with Gasteiger partial charge in [-0.2, -0.15) is 0 Å². The van der Waals surface area contributed by atoms with Crippen LogP contribution >= 0.6 is 0 Å². The number of amides is 1. The fraction of sp³-hybridized carbons (Fsp3) is 0.238. The number of ether oxygens (including phenoxy) is 3. The van der Waals surface area contributed by atoms with Crippen LogP contribution in [0.15, 0.2) is 48.5 Å². The average Bonchev–Trinajstić information content (AvgIpc) is 2.73. The van der Waals surface area contributed by atoms with Crippen molar-refractivity contribution in [1.29, 1.82) is 0 Å². The quantitative estimate of drug-likeness (QED) is 0.288. The van der Waals surface area contributed by atoms with E-state index in [0.717, 1.165) is 0 Å². The van der Waals surface area contributed by atoms with E-state index in [4.69, 9.17) is 14.2 Å². The van der Waals surface area contributed by atoms with Crippen LogP contribution in [0.5, 0.6) is 11.5 Å². The zero-order chi connectivity index (χ0) is 22.1. The number of nitrogens with zero attached hydrogens (tertiary/aromatic N) is 1. The van der Waals surface area contributed by atoms with Gasteiger partial charge < -0.3 is 19.5 Å². The average molecular weight is 414 g/mol. The van der Waals surface area contributed by atoms with Crippen molar-refractivity contribution in [2.45, 2.75) is 20.0 Å². The van der Waals surface area contributed by atoms with Gasteiger partial charge in [0, 0.05) is 12.1 Å². The number of esters is 1. The molecule has 9 heteroatoms. The molecule has 0 bridgehead atoms. The van der Waals surface area contributed by atoms with Crippen molar-refractivity contribution >= 4 is 29.3 Å². The lowest BCUT2D eigenvalue weighted by molar-refractivity contribution is -0.383. The van der Waals surface area contributed by atoms with Gasteiger partial charge in [0.1, 0.15) is 5.69 Å². The maximum absolute atomic E-state index is 12.2. The van der Waals surface area contributed by atoms with E-state index in [1.807, 2.05) is 6.92 Å². The van der Waals surface area contributed by atoms with E-state index in [9.17, 15) is 19.7 Å². The van der Waals surface area contributed by atoms with Crippen LogP contribution in [0.3, 0.4) is 0 Å². The first kappa shape index (κ1) is 22.4. The third kappa shape index (κ3) is 6.06. The van der Waals surface area contributed by atoms with Crippen LogP contribution in [0, 0.1) is 10.1 Å². The van der Waals surface area contributed by atoms with Crippen molar-refractivity contribution in [2.75, 3.05) is 19.0 Å². The van der Waals surface area contributed by atoms with Gasteiger partial charge in [0.05, 0.1) is 18.6 Å². The molecule has 2 aromatic carbocycles. The van der Waals surface area contributed by atoms with Crippen molar-refractivity contribution in [2.24, 2.45) is 0 Å². The number of benzene rings is 2. The highest BCUT2D eigenvalue weighted by Crippen LogP contribution is 2.28.